The average molecular weight is 214 g/mol. The van der Waals surface area contributed by atoms with Crippen molar-refractivity contribution in [2.75, 3.05) is 6.61 Å². The number of ether oxygens (including phenoxy) is 2. The first-order valence-electron chi connectivity index (χ1n) is 3.95. The SMILES string of the molecule is O=C(O)CO[C@H]1C[C@H](OC(F)(F)F)C1. The van der Waals surface area contributed by atoms with Crippen molar-refractivity contribution in [2.45, 2.75) is 31.4 Å². The summed E-state index contributed by atoms with van der Waals surface area (Å²) in [6.07, 6.45) is -5.77. The number of hydrogen-bond donors (Lipinski definition) is 1. The van der Waals surface area contributed by atoms with Crippen LogP contribution in [0.1, 0.15) is 12.8 Å². The van der Waals surface area contributed by atoms with Gasteiger partial charge in [0.05, 0.1) is 12.2 Å². The summed E-state index contributed by atoms with van der Waals surface area (Å²) in [6, 6.07) is 0. The van der Waals surface area contributed by atoms with Gasteiger partial charge in [0.15, 0.2) is 0 Å². The maximum Gasteiger partial charge on any atom is 0.522 e. The van der Waals surface area contributed by atoms with Crippen LogP contribution in [0.4, 0.5) is 13.2 Å². The van der Waals surface area contributed by atoms with E-state index >= 15 is 0 Å². The molecule has 0 atom stereocenters. The third-order valence-electron chi connectivity index (χ3n) is 1.79. The van der Waals surface area contributed by atoms with Crippen LogP contribution in [0.3, 0.4) is 0 Å². The van der Waals surface area contributed by atoms with Crippen molar-refractivity contribution in [3.8, 4) is 0 Å². The number of aliphatic carboxylic acids is 1. The Kier molecular flexibility index (Phi) is 3.33. The van der Waals surface area contributed by atoms with E-state index in [-0.39, 0.29) is 12.8 Å². The molecule has 1 N–H and O–H groups in total. The van der Waals surface area contributed by atoms with Crippen molar-refractivity contribution in [2.24, 2.45) is 0 Å². The van der Waals surface area contributed by atoms with Crippen LogP contribution in [0.5, 0.6) is 0 Å². The molecule has 0 radical (unpaired) electrons. The minimum atomic E-state index is -4.62. The van der Waals surface area contributed by atoms with E-state index in [1.54, 1.807) is 0 Å². The second kappa shape index (κ2) is 4.14. The molecular weight excluding hydrogens is 205 g/mol. The normalized spacial score (nSPS) is 27.1. The van der Waals surface area contributed by atoms with E-state index in [9.17, 15) is 18.0 Å². The zero-order valence-corrected chi connectivity index (χ0v) is 7.08. The maximum atomic E-state index is 11.6. The van der Waals surface area contributed by atoms with Crippen molar-refractivity contribution in [3.05, 3.63) is 0 Å². The summed E-state index contributed by atoms with van der Waals surface area (Å²) in [7, 11) is 0. The Bertz CT molecular complexity index is 209. The monoisotopic (exact) mass is 214 g/mol. The Morgan fingerprint density at radius 1 is 1.36 bits per heavy atom. The molecule has 0 saturated heterocycles. The third kappa shape index (κ3) is 3.93. The molecule has 0 bridgehead atoms. The number of alkyl halides is 3. The van der Waals surface area contributed by atoms with Gasteiger partial charge in [-0.3, -0.25) is 4.74 Å². The Morgan fingerprint density at radius 3 is 2.36 bits per heavy atom. The summed E-state index contributed by atoms with van der Waals surface area (Å²) in [4.78, 5) is 10.0. The van der Waals surface area contributed by atoms with Gasteiger partial charge < -0.3 is 9.84 Å². The Balaban J connectivity index is 2.09. The topological polar surface area (TPSA) is 55.8 Å². The highest BCUT2D eigenvalue weighted by Gasteiger charge is 2.40. The maximum absolute atomic E-state index is 11.6. The lowest BCUT2D eigenvalue weighted by molar-refractivity contribution is -0.357. The fourth-order valence-electron chi connectivity index (χ4n) is 1.13. The standard InChI is InChI=1S/C7H9F3O4/c8-7(9,10)14-5-1-4(2-5)13-3-6(11)12/h4-5H,1-3H2,(H,11,12)/t4-,5-. The van der Waals surface area contributed by atoms with Crippen molar-refractivity contribution >= 4 is 5.97 Å². The van der Waals surface area contributed by atoms with E-state index in [1.807, 2.05) is 0 Å². The number of halogens is 3. The molecule has 0 aromatic carbocycles. The van der Waals surface area contributed by atoms with E-state index in [1.165, 1.54) is 0 Å². The fourth-order valence-corrected chi connectivity index (χ4v) is 1.13. The van der Waals surface area contributed by atoms with Gasteiger partial charge in [0, 0.05) is 12.8 Å². The highest BCUT2D eigenvalue weighted by Crippen LogP contribution is 2.31. The van der Waals surface area contributed by atoms with Gasteiger partial charge in [-0.25, -0.2) is 4.79 Å². The summed E-state index contributed by atoms with van der Waals surface area (Å²) < 4.78 is 43.3. The van der Waals surface area contributed by atoms with Gasteiger partial charge in [-0.1, -0.05) is 0 Å². The van der Waals surface area contributed by atoms with E-state index in [4.69, 9.17) is 9.84 Å². The van der Waals surface area contributed by atoms with Gasteiger partial charge in [-0.15, -0.1) is 13.2 Å². The molecule has 1 fully saturated rings. The molecule has 0 aliphatic heterocycles. The molecule has 0 amide bonds. The van der Waals surface area contributed by atoms with Crippen LogP contribution in [-0.4, -0.2) is 36.3 Å². The molecule has 7 heteroatoms. The van der Waals surface area contributed by atoms with E-state index in [2.05, 4.69) is 4.74 Å². The van der Waals surface area contributed by atoms with Crippen LogP contribution >= 0.6 is 0 Å². The summed E-state index contributed by atoms with van der Waals surface area (Å²) in [5.41, 5.74) is 0. The molecular formula is C7H9F3O4. The molecule has 1 saturated carbocycles. The number of carboxylic acids is 1. The fraction of sp³-hybridized carbons (Fsp3) is 0.857. The molecule has 1 rings (SSSR count). The average Bonchev–Trinajstić information content (AvgIpc) is 1.90. The molecule has 0 aromatic heterocycles. The zero-order chi connectivity index (χ0) is 10.8. The third-order valence-corrected chi connectivity index (χ3v) is 1.79. The van der Waals surface area contributed by atoms with Crippen LogP contribution in [0.15, 0.2) is 0 Å². The molecule has 4 nitrogen and oxygen atoms in total. The second-order valence-corrected chi connectivity index (χ2v) is 2.98. The first-order chi connectivity index (χ1) is 6.37. The lowest BCUT2D eigenvalue weighted by atomic mass is 9.92. The summed E-state index contributed by atoms with van der Waals surface area (Å²) in [5, 5.41) is 8.20. The zero-order valence-electron chi connectivity index (χ0n) is 7.08. The number of carboxylic acid groups (broad SMARTS) is 1. The lowest BCUT2D eigenvalue weighted by Crippen LogP contribution is -2.41. The van der Waals surface area contributed by atoms with Gasteiger partial charge in [0.2, 0.25) is 0 Å². The van der Waals surface area contributed by atoms with Crippen molar-refractivity contribution in [1.82, 2.24) is 0 Å². The van der Waals surface area contributed by atoms with Gasteiger partial charge in [0.1, 0.15) is 6.61 Å². The quantitative estimate of drug-likeness (QED) is 0.762. The van der Waals surface area contributed by atoms with Crippen molar-refractivity contribution < 1.29 is 32.5 Å². The number of hydrogen-bond acceptors (Lipinski definition) is 3. The highest BCUT2D eigenvalue weighted by molar-refractivity contribution is 5.68. The lowest BCUT2D eigenvalue weighted by Gasteiger charge is -2.34. The molecule has 1 aliphatic carbocycles. The summed E-state index contributed by atoms with van der Waals surface area (Å²) >= 11 is 0. The first kappa shape index (κ1) is 11.3. The molecule has 14 heavy (non-hydrogen) atoms. The largest absolute Gasteiger partial charge is 0.522 e. The highest BCUT2D eigenvalue weighted by atomic mass is 19.4. The first-order valence-corrected chi connectivity index (χ1v) is 3.95. The van der Waals surface area contributed by atoms with Crippen LogP contribution in [-0.2, 0) is 14.3 Å². The molecule has 82 valence electrons. The number of rotatable bonds is 4. The predicted molar refractivity (Wildman–Crippen MR) is 37.5 cm³/mol. The van der Waals surface area contributed by atoms with E-state index in [0.717, 1.165) is 0 Å². The molecule has 0 unspecified atom stereocenters. The van der Waals surface area contributed by atoms with E-state index in [0.29, 0.717) is 0 Å². The Labute approximate surface area is 77.6 Å². The molecule has 0 heterocycles. The van der Waals surface area contributed by atoms with Crippen LogP contribution in [0.2, 0.25) is 0 Å². The van der Waals surface area contributed by atoms with Gasteiger partial charge in [0.25, 0.3) is 0 Å². The Morgan fingerprint density at radius 2 is 1.93 bits per heavy atom. The van der Waals surface area contributed by atoms with Crippen LogP contribution in [0.25, 0.3) is 0 Å². The molecule has 0 spiro atoms. The van der Waals surface area contributed by atoms with Crippen molar-refractivity contribution in [3.63, 3.8) is 0 Å². The smallest absolute Gasteiger partial charge is 0.480 e. The van der Waals surface area contributed by atoms with E-state index < -0.39 is 31.1 Å². The predicted octanol–water partition coefficient (Wildman–Crippen LogP) is 1.15. The summed E-state index contributed by atoms with van der Waals surface area (Å²) in [5.74, 6) is -1.13. The van der Waals surface area contributed by atoms with Crippen LogP contribution in [0, 0.1) is 0 Å². The van der Waals surface area contributed by atoms with Gasteiger partial charge in [-0.2, -0.15) is 0 Å². The van der Waals surface area contributed by atoms with Gasteiger partial charge in [-0.05, 0) is 0 Å². The van der Waals surface area contributed by atoms with Crippen LogP contribution < -0.4 is 0 Å². The minimum absolute atomic E-state index is 0.0901. The molecule has 1 aliphatic rings. The summed E-state index contributed by atoms with van der Waals surface area (Å²) in [6.45, 7) is -0.483. The van der Waals surface area contributed by atoms with Gasteiger partial charge >= 0.3 is 12.3 Å². The molecule has 0 aromatic rings. The number of carbonyl (C=O) groups is 1. The van der Waals surface area contributed by atoms with Crippen molar-refractivity contribution in [1.29, 1.82) is 0 Å². The minimum Gasteiger partial charge on any atom is -0.480 e. The Hall–Kier alpha value is -0.820. The second-order valence-electron chi connectivity index (χ2n) is 2.98.